The number of fused-ring (bicyclic) bond motifs is 2. The van der Waals surface area contributed by atoms with E-state index in [1.807, 2.05) is 27.5 Å². The molecular weight excluding hydrogens is 370 g/mol. The van der Waals surface area contributed by atoms with Crippen molar-refractivity contribution >= 4 is 28.5 Å². The molecule has 2 atom stereocenters. The third kappa shape index (κ3) is 2.57. The van der Waals surface area contributed by atoms with E-state index in [0.717, 1.165) is 19.5 Å². The predicted molar refractivity (Wildman–Crippen MR) is 84.2 cm³/mol. The molecular formula is C15H18FIN2O. The fraction of sp³-hybridized carbons (Fsp3) is 0.533. The van der Waals surface area contributed by atoms with Crippen molar-refractivity contribution in [3.8, 4) is 0 Å². The van der Waals surface area contributed by atoms with Crippen LogP contribution in [0.4, 0.5) is 4.39 Å². The monoisotopic (exact) mass is 388 g/mol. The number of rotatable bonds is 1. The number of nitrogens with zero attached hydrogens (tertiary/aromatic N) is 2. The van der Waals surface area contributed by atoms with Crippen molar-refractivity contribution in [3.05, 3.63) is 33.1 Å². The third-order valence-corrected chi connectivity index (χ3v) is 5.49. The Bertz CT molecular complexity index is 537. The van der Waals surface area contributed by atoms with Gasteiger partial charge in [-0.2, -0.15) is 0 Å². The molecule has 2 unspecified atom stereocenters. The minimum Gasteiger partial charge on any atom is -0.337 e. The summed E-state index contributed by atoms with van der Waals surface area (Å²) < 4.78 is 13.8. The van der Waals surface area contributed by atoms with Crippen molar-refractivity contribution in [2.24, 2.45) is 0 Å². The van der Waals surface area contributed by atoms with Crippen LogP contribution in [0.15, 0.2) is 18.2 Å². The first kappa shape index (κ1) is 14.3. The standard InChI is InChI=1S/C15H18FIN2O/c1-18-11-3-4-12(18)9-19(7-6-11)15(20)13-5-2-10(16)8-14(13)17/h2,5,8,11-12H,3-4,6-7,9H2,1H3. The van der Waals surface area contributed by atoms with Crippen LogP contribution in [0.2, 0.25) is 0 Å². The summed E-state index contributed by atoms with van der Waals surface area (Å²) in [7, 11) is 2.16. The van der Waals surface area contributed by atoms with Crippen LogP contribution in [-0.4, -0.2) is 47.9 Å². The molecule has 0 spiro atoms. The average Bonchev–Trinajstić information content (AvgIpc) is 2.62. The Kier molecular flexibility index (Phi) is 3.99. The zero-order valence-electron chi connectivity index (χ0n) is 11.5. The number of carbonyl (C=O) groups excluding carboxylic acids is 1. The normalized spacial score (nSPS) is 26.6. The Morgan fingerprint density at radius 1 is 1.30 bits per heavy atom. The quantitative estimate of drug-likeness (QED) is 0.691. The largest absolute Gasteiger partial charge is 0.337 e. The van der Waals surface area contributed by atoms with Gasteiger partial charge >= 0.3 is 0 Å². The molecule has 2 aliphatic heterocycles. The van der Waals surface area contributed by atoms with Crippen molar-refractivity contribution in [1.29, 1.82) is 0 Å². The number of amides is 1. The van der Waals surface area contributed by atoms with Crippen LogP contribution in [0.5, 0.6) is 0 Å². The molecule has 2 saturated heterocycles. The van der Waals surface area contributed by atoms with Gasteiger partial charge in [0.25, 0.3) is 5.91 Å². The van der Waals surface area contributed by atoms with E-state index in [9.17, 15) is 9.18 Å². The molecule has 2 aliphatic rings. The van der Waals surface area contributed by atoms with Crippen molar-refractivity contribution in [2.75, 3.05) is 20.1 Å². The topological polar surface area (TPSA) is 23.6 Å². The fourth-order valence-corrected chi connectivity index (χ4v) is 4.03. The first-order valence-corrected chi connectivity index (χ1v) is 8.10. The van der Waals surface area contributed by atoms with Gasteiger partial charge in [0.05, 0.1) is 5.56 Å². The maximum atomic E-state index is 13.2. The van der Waals surface area contributed by atoms with Crippen LogP contribution < -0.4 is 0 Å². The molecule has 5 heteroatoms. The van der Waals surface area contributed by atoms with Crippen LogP contribution in [0, 0.1) is 9.39 Å². The van der Waals surface area contributed by atoms with Crippen LogP contribution in [0.1, 0.15) is 29.6 Å². The lowest BCUT2D eigenvalue weighted by Crippen LogP contribution is -2.39. The summed E-state index contributed by atoms with van der Waals surface area (Å²) in [4.78, 5) is 17.0. The van der Waals surface area contributed by atoms with E-state index in [0.29, 0.717) is 21.2 Å². The van der Waals surface area contributed by atoms with Gasteiger partial charge in [-0.25, -0.2) is 4.39 Å². The molecule has 2 bridgehead atoms. The van der Waals surface area contributed by atoms with Crippen molar-refractivity contribution < 1.29 is 9.18 Å². The molecule has 1 aromatic rings. The van der Waals surface area contributed by atoms with Crippen LogP contribution >= 0.6 is 22.6 Å². The van der Waals surface area contributed by atoms with Gasteiger partial charge in [0.2, 0.25) is 0 Å². The van der Waals surface area contributed by atoms with E-state index < -0.39 is 0 Å². The highest BCUT2D eigenvalue weighted by molar-refractivity contribution is 14.1. The lowest BCUT2D eigenvalue weighted by atomic mass is 10.1. The summed E-state index contributed by atoms with van der Waals surface area (Å²) in [6.45, 7) is 1.59. The number of hydrogen-bond acceptors (Lipinski definition) is 2. The second kappa shape index (κ2) is 5.60. The summed E-state index contributed by atoms with van der Waals surface area (Å²) in [5, 5.41) is 0. The smallest absolute Gasteiger partial charge is 0.254 e. The van der Waals surface area contributed by atoms with Crippen molar-refractivity contribution in [1.82, 2.24) is 9.80 Å². The van der Waals surface area contributed by atoms with Gasteiger partial charge in [-0.1, -0.05) is 0 Å². The van der Waals surface area contributed by atoms with Gasteiger partial charge in [-0.05, 0) is 67.1 Å². The molecule has 2 heterocycles. The zero-order chi connectivity index (χ0) is 14.3. The minimum absolute atomic E-state index is 0.0374. The molecule has 20 heavy (non-hydrogen) atoms. The molecule has 1 aromatic carbocycles. The Morgan fingerprint density at radius 2 is 2.05 bits per heavy atom. The number of halogens is 2. The van der Waals surface area contributed by atoms with E-state index >= 15 is 0 Å². The first-order chi connectivity index (χ1) is 9.56. The van der Waals surface area contributed by atoms with Gasteiger partial charge in [-0.3, -0.25) is 9.69 Å². The molecule has 108 valence electrons. The molecule has 3 rings (SSSR count). The maximum absolute atomic E-state index is 13.2. The van der Waals surface area contributed by atoms with E-state index in [1.54, 1.807) is 6.07 Å². The maximum Gasteiger partial charge on any atom is 0.254 e. The Balaban J connectivity index is 1.80. The molecule has 0 radical (unpaired) electrons. The van der Waals surface area contributed by atoms with E-state index in [4.69, 9.17) is 0 Å². The Labute approximate surface area is 132 Å². The van der Waals surface area contributed by atoms with E-state index in [2.05, 4.69) is 11.9 Å². The summed E-state index contributed by atoms with van der Waals surface area (Å²) >= 11 is 2.04. The number of benzene rings is 1. The molecule has 0 saturated carbocycles. The highest BCUT2D eigenvalue weighted by atomic mass is 127. The summed E-state index contributed by atoms with van der Waals surface area (Å²) in [5.41, 5.74) is 0.618. The molecule has 0 N–H and O–H groups in total. The third-order valence-electron chi connectivity index (χ3n) is 4.60. The summed E-state index contributed by atoms with van der Waals surface area (Å²) in [6.07, 6.45) is 3.46. The molecule has 2 fully saturated rings. The number of hydrogen-bond donors (Lipinski definition) is 0. The highest BCUT2D eigenvalue weighted by Gasteiger charge is 2.36. The van der Waals surface area contributed by atoms with Crippen molar-refractivity contribution in [2.45, 2.75) is 31.3 Å². The van der Waals surface area contributed by atoms with Gasteiger partial charge < -0.3 is 4.90 Å². The highest BCUT2D eigenvalue weighted by Crippen LogP contribution is 2.29. The lowest BCUT2D eigenvalue weighted by molar-refractivity contribution is 0.0739. The van der Waals surface area contributed by atoms with Gasteiger partial charge in [0, 0.05) is 28.7 Å². The number of likely N-dealkylation sites (tertiary alicyclic amines) is 1. The number of carbonyl (C=O) groups is 1. The Morgan fingerprint density at radius 3 is 2.80 bits per heavy atom. The van der Waals surface area contributed by atoms with Gasteiger partial charge in [0.15, 0.2) is 0 Å². The zero-order valence-corrected chi connectivity index (χ0v) is 13.6. The van der Waals surface area contributed by atoms with E-state index in [-0.39, 0.29) is 11.7 Å². The minimum atomic E-state index is -0.291. The van der Waals surface area contributed by atoms with Gasteiger partial charge in [-0.15, -0.1) is 0 Å². The summed E-state index contributed by atoms with van der Waals surface area (Å²) in [5.74, 6) is -0.254. The van der Waals surface area contributed by atoms with Crippen molar-refractivity contribution in [3.63, 3.8) is 0 Å². The second-order valence-electron chi connectivity index (χ2n) is 5.71. The Hall–Kier alpha value is -0.690. The molecule has 1 amide bonds. The summed E-state index contributed by atoms with van der Waals surface area (Å²) in [6, 6.07) is 5.48. The molecule has 3 nitrogen and oxygen atoms in total. The van der Waals surface area contributed by atoms with Gasteiger partial charge in [0.1, 0.15) is 5.82 Å². The molecule has 0 aromatic heterocycles. The van der Waals surface area contributed by atoms with Crippen LogP contribution in [0.25, 0.3) is 0 Å². The van der Waals surface area contributed by atoms with Crippen LogP contribution in [-0.2, 0) is 0 Å². The fourth-order valence-electron chi connectivity index (χ4n) is 3.33. The first-order valence-electron chi connectivity index (χ1n) is 7.02. The SMILES string of the molecule is CN1C2CCC1CN(C(=O)c1ccc(F)cc1I)CC2. The molecule has 0 aliphatic carbocycles. The predicted octanol–water partition coefficient (Wildman–Crippen LogP) is 2.74. The van der Waals surface area contributed by atoms with Crippen LogP contribution in [0.3, 0.4) is 0 Å². The second-order valence-corrected chi connectivity index (χ2v) is 6.88. The lowest BCUT2D eigenvalue weighted by Gasteiger charge is -2.26. The average molecular weight is 388 g/mol. The van der Waals surface area contributed by atoms with E-state index in [1.165, 1.54) is 25.0 Å². The number of likely N-dealkylation sites (N-methyl/N-ethyl adjacent to an activating group) is 1.